The molecule has 0 saturated heterocycles. The molecule has 1 N–H and O–H groups in total. The Kier molecular flexibility index (Phi) is 4.59. The van der Waals surface area contributed by atoms with Crippen LogP contribution in [-0.2, 0) is 6.54 Å². The zero-order valence-corrected chi connectivity index (χ0v) is 11.2. The molecule has 1 aliphatic rings. The van der Waals surface area contributed by atoms with Crippen LogP contribution in [0.25, 0.3) is 0 Å². The SMILES string of the molecule is CCC(C)NCc1c(F)cccc1OCC1CC1. The molecule has 0 spiro atoms. The second-order valence-corrected chi connectivity index (χ2v) is 5.16. The number of hydrogen-bond acceptors (Lipinski definition) is 2. The molecule has 1 aliphatic carbocycles. The summed E-state index contributed by atoms with van der Waals surface area (Å²) in [5, 5.41) is 3.31. The van der Waals surface area contributed by atoms with E-state index in [4.69, 9.17) is 4.74 Å². The van der Waals surface area contributed by atoms with Crippen LogP contribution in [0.4, 0.5) is 4.39 Å². The van der Waals surface area contributed by atoms with Crippen LogP contribution < -0.4 is 10.1 Å². The van der Waals surface area contributed by atoms with Crippen LogP contribution in [0.5, 0.6) is 5.75 Å². The lowest BCUT2D eigenvalue weighted by molar-refractivity contribution is 0.293. The van der Waals surface area contributed by atoms with Gasteiger partial charge in [0, 0.05) is 18.2 Å². The van der Waals surface area contributed by atoms with Crippen molar-refractivity contribution in [1.29, 1.82) is 0 Å². The third kappa shape index (κ3) is 3.70. The van der Waals surface area contributed by atoms with E-state index < -0.39 is 0 Å². The van der Waals surface area contributed by atoms with Crippen LogP contribution in [0.1, 0.15) is 38.7 Å². The number of ether oxygens (including phenoxy) is 1. The predicted octanol–water partition coefficient (Wildman–Crippen LogP) is 3.50. The topological polar surface area (TPSA) is 21.3 Å². The molecule has 0 amide bonds. The van der Waals surface area contributed by atoms with Crippen LogP contribution in [0.3, 0.4) is 0 Å². The first-order valence-electron chi connectivity index (χ1n) is 6.84. The first kappa shape index (κ1) is 13.3. The van der Waals surface area contributed by atoms with Crippen LogP contribution in [0.2, 0.25) is 0 Å². The molecular weight excluding hydrogens is 229 g/mol. The molecule has 3 heteroatoms. The summed E-state index contributed by atoms with van der Waals surface area (Å²) >= 11 is 0. The quantitative estimate of drug-likeness (QED) is 0.800. The first-order valence-corrected chi connectivity index (χ1v) is 6.84. The maximum absolute atomic E-state index is 13.8. The maximum atomic E-state index is 13.8. The molecule has 2 nitrogen and oxygen atoms in total. The average Bonchev–Trinajstić information content (AvgIpc) is 3.18. The Labute approximate surface area is 109 Å². The van der Waals surface area contributed by atoms with E-state index in [0.29, 0.717) is 29.8 Å². The Morgan fingerprint density at radius 1 is 1.44 bits per heavy atom. The highest BCUT2D eigenvalue weighted by Gasteiger charge is 2.22. The van der Waals surface area contributed by atoms with Gasteiger partial charge >= 0.3 is 0 Å². The molecule has 0 heterocycles. The van der Waals surface area contributed by atoms with E-state index in [9.17, 15) is 4.39 Å². The number of halogens is 1. The molecule has 1 aromatic rings. The minimum absolute atomic E-state index is 0.181. The van der Waals surface area contributed by atoms with Crippen molar-refractivity contribution in [3.63, 3.8) is 0 Å². The lowest BCUT2D eigenvalue weighted by Crippen LogP contribution is -2.25. The van der Waals surface area contributed by atoms with Crippen LogP contribution >= 0.6 is 0 Å². The van der Waals surface area contributed by atoms with Crippen LogP contribution in [0, 0.1) is 11.7 Å². The third-order valence-corrected chi connectivity index (χ3v) is 3.49. The molecule has 0 aliphatic heterocycles. The average molecular weight is 251 g/mol. The normalized spacial score (nSPS) is 16.6. The molecular formula is C15H22FNO. The van der Waals surface area contributed by atoms with Gasteiger partial charge in [0.1, 0.15) is 11.6 Å². The zero-order chi connectivity index (χ0) is 13.0. The van der Waals surface area contributed by atoms with Crippen molar-refractivity contribution >= 4 is 0 Å². The number of benzene rings is 1. The summed E-state index contributed by atoms with van der Waals surface area (Å²) in [7, 11) is 0. The van der Waals surface area contributed by atoms with Gasteiger partial charge < -0.3 is 10.1 Å². The van der Waals surface area contributed by atoms with Gasteiger partial charge in [0.25, 0.3) is 0 Å². The van der Waals surface area contributed by atoms with Crippen molar-refractivity contribution in [3.05, 3.63) is 29.6 Å². The second-order valence-electron chi connectivity index (χ2n) is 5.16. The maximum Gasteiger partial charge on any atom is 0.131 e. The minimum Gasteiger partial charge on any atom is -0.493 e. The van der Waals surface area contributed by atoms with E-state index in [2.05, 4.69) is 19.2 Å². The third-order valence-electron chi connectivity index (χ3n) is 3.49. The standard InChI is InChI=1S/C15H22FNO/c1-3-11(2)17-9-13-14(16)5-4-6-15(13)18-10-12-7-8-12/h4-6,11-12,17H,3,7-10H2,1-2H3. The highest BCUT2D eigenvalue weighted by molar-refractivity contribution is 5.34. The Morgan fingerprint density at radius 3 is 2.89 bits per heavy atom. The van der Waals surface area contributed by atoms with Gasteiger partial charge in [0.2, 0.25) is 0 Å². The molecule has 2 rings (SSSR count). The fraction of sp³-hybridized carbons (Fsp3) is 0.600. The Bertz CT molecular complexity index is 390. The molecule has 1 fully saturated rings. The van der Waals surface area contributed by atoms with E-state index in [-0.39, 0.29) is 5.82 Å². The molecule has 1 aromatic carbocycles. The Balaban J connectivity index is 1.99. The van der Waals surface area contributed by atoms with Crippen molar-refractivity contribution in [2.75, 3.05) is 6.61 Å². The smallest absolute Gasteiger partial charge is 0.131 e. The number of rotatable bonds is 7. The molecule has 0 radical (unpaired) electrons. The van der Waals surface area contributed by atoms with Crippen molar-refractivity contribution in [3.8, 4) is 5.75 Å². The van der Waals surface area contributed by atoms with E-state index in [1.807, 2.05) is 6.07 Å². The van der Waals surface area contributed by atoms with Gasteiger partial charge in [-0.2, -0.15) is 0 Å². The van der Waals surface area contributed by atoms with E-state index in [1.54, 1.807) is 6.07 Å². The van der Waals surface area contributed by atoms with Crippen molar-refractivity contribution in [2.24, 2.45) is 5.92 Å². The summed E-state index contributed by atoms with van der Waals surface area (Å²) in [6, 6.07) is 5.46. The lowest BCUT2D eigenvalue weighted by atomic mass is 10.1. The van der Waals surface area contributed by atoms with Gasteiger partial charge in [0.15, 0.2) is 0 Å². The van der Waals surface area contributed by atoms with E-state index >= 15 is 0 Å². The van der Waals surface area contributed by atoms with Crippen molar-refractivity contribution in [2.45, 2.75) is 45.7 Å². The van der Waals surface area contributed by atoms with E-state index in [0.717, 1.165) is 13.0 Å². The fourth-order valence-electron chi connectivity index (χ4n) is 1.76. The Morgan fingerprint density at radius 2 is 2.22 bits per heavy atom. The van der Waals surface area contributed by atoms with Gasteiger partial charge in [-0.05, 0) is 44.2 Å². The van der Waals surface area contributed by atoms with Crippen molar-refractivity contribution < 1.29 is 9.13 Å². The summed E-state index contributed by atoms with van der Waals surface area (Å²) in [5.74, 6) is 1.19. The number of hydrogen-bond donors (Lipinski definition) is 1. The molecule has 18 heavy (non-hydrogen) atoms. The Hall–Kier alpha value is -1.09. The van der Waals surface area contributed by atoms with Gasteiger partial charge in [-0.25, -0.2) is 4.39 Å². The summed E-state index contributed by atoms with van der Waals surface area (Å²) in [4.78, 5) is 0. The molecule has 1 atom stereocenters. The monoisotopic (exact) mass is 251 g/mol. The zero-order valence-electron chi connectivity index (χ0n) is 11.2. The second kappa shape index (κ2) is 6.19. The molecule has 1 unspecified atom stereocenters. The van der Waals surface area contributed by atoms with Crippen LogP contribution in [-0.4, -0.2) is 12.6 Å². The highest BCUT2D eigenvalue weighted by atomic mass is 19.1. The predicted molar refractivity (Wildman–Crippen MR) is 71.2 cm³/mol. The summed E-state index contributed by atoms with van der Waals surface area (Å²) in [5.41, 5.74) is 0.651. The fourth-order valence-corrected chi connectivity index (χ4v) is 1.76. The summed E-state index contributed by atoms with van der Waals surface area (Å²) in [6.07, 6.45) is 3.53. The first-order chi connectivity index (χ1) is 8.70. The molecule has 1 saturated carbocycles. The number of nitrogens with one attached hydrogen (secondary N) is 1. The highest BCUT2D eigenvalue weighted by Crippen LogP contribution is 2.30. The van der Waals surface area contributed by atoms with Crippen molar-refractivity contribution in [1.82, 2.24) is 5.32 Å². The van der Waals surface area contributed by atoms with Gasteiger partial charge in [-0.1, -0.05) is 13.0 Å². The summed E-state index contributed by atoms with van der Waals surface area (Å²) < 4.78 is 19.6. The van der Waals surface area contributed by atoms with Gasteiger partial charge in [-0.15, -0.1) is 0 Å². The van der Waals surface area contributed by atoms with Gasteiger partial charge in [0.05, 0.1) is 6.61 Å². The lowest BCUT2D eigenvalue weighted by Gasteiger charge is -2.15. The largest absolute Gasteiger partial charge is 0.493 e. The molecule has 100 valence electrons. The van der Waals surface area contributed by atoms with E-state index in [1.165, 1.54) is 18.9 Å². The van der Waals surface area contributed by atoms with Crippen LogP contribution in [0.15, 0.2) is 18.2 Å². The summed E-state index contributed by atoms with van der Waals surface area (Å²) in [6.45, 7) is 5.47. The van der Waals surface area contributed by atoms with Gasteiger partial charge in [-0.3, -0.25) is 0 Å². The minimum atomic E-state index is -0.181. The molecule has 0 bridgehead atoms. The molecule has 0 aromatic heterocycles.